The number of aliphatic hydroxyl groups is 1. The molecule has 0 amide bonds. The molecule has 2 atom stereocenters. The zero-order valence-electron chi connectivity index (χ0n) is 17.3. The minimum Gasteiger partial charge on any atom is -0.383 e. The summed E-state index contributed by atoms with van der Waals surface area (Å²) in [5.41, 5.74) is 3.43. The second-order valence-electron chi connectivity index (χ2n) is 8.20. The Morgan fingerprint density at radius 3 is 2.93 bits per heavy atom. The Labute approximate surface area is 176 Å². The smallest absolute Gasteiger partial charge is 0.227 e. The lowest BCUT2D eigenvalue weighted by Crippen LogP contribution is -2.31. The Morgan fingerprint density at radius 1 is 1.28 bits per heavy atom. The number of nitrogens with zero attached hydrogens (tertiary/aromatic N) is 3. The molecular formula is C23H28N4OS. The van der Waals surface area contributed by atoms with E-state index in [9.17, 15) is 5.11 Å². The summed E-state index contributed by atoms with van der Waals surface area (Å²) < 4.78 is 0. The van der Waals surface area contributed by atoms with Crippen molar-refractivity contribution < 1.29 is 5.11 Å². The van der Waals surface area contributed by atoms with Crippen molar-refractivity contribution >= 4 is 23.0 Å². The maximum atomic E-state index is 11.1. The first-order valence-electron chi connectivity index (χ1n) is 10.3. The lowest BCUT2D eigenvalue weighted by atomic mass is 9.79. The van der Waals surface area contributed by atoms with Crippen molar-refractivity contribution in [2.24, 2.45) is 5.92 Å². The van der Waals surface area contributed by atoms with Gasteiger partial charge in [0.15, 0.2) is 0 Å². The van der Waals surface area contributed by atoms with Crippen molar-refractivity contribution in [1.29, 1.82) is 0 Å². The molecule has 3 aromatic rings. The van der Waals surface area contributed by atoms with Crippen LogP contribution >= 0.6 is 11.3 Å². The molecule has 2 unspecified atom stereocenters. The van der Waals surface area contributed by atoms with E-state index in [4.69, 9.17) is 0 Å². The zero-order chi connectivity index (χ0) is 20.4. The van der Waals surface area contributed by atoms with Crippen LogP contribution in [-0.4, -0.2) is 20.1 Å². The molecule has 0 aliphatic heterocycles. The second kappa shape index (κ2) is 8.20. The van der Waals surface area contributed by atoms with Crippen LogP contribution in [0.4, 0.5) is 11.6 Å². The summed E-state index contributed by atoms with van der Waals surface area (Å²) in [5, 5.41) is 15.3. The van der Waals surface area contributed by atoms with Crippen molar-refractivity contribution in [3.8, 4) is 10.4 Å². The van der Waals surface area contributed by atoms with Gasteiger partial charge in [0.1, 0.15) is 10.6 Å². The van der Waals surface area contributed by atoms with Crippen LogP contribution < -0.4 is 5.32 Å². The third-order valence-electron chi connectivity index (χ3n) is 5.57. The van der Waals surface area contributed by atoms with Crippen molar-refractivity contribution in [3.63, 3.8) is 0 Å². The average molecular weight is 409 g/mol. The number of rotatable bonds is 5. The highest BCUT2D eigenvalue weighted by Gasteiger charge is 2.37. The predicted molar refractivity (Wildman–Crippen MR) is 119 cm³/mol. The fourth-order valence-electron chi connectivity index (χ4n) is 4.12. The number of aryl methyl sites for hydroxylation is 2. The molecule has 2 heterocycles. The van der Waals surface area contributed by atoms with Crippen molar-refractivity contribution in [2.75, 3.05) is 5.32 Å². The first-order valence-corrected chi connectivity index (χ1v) is 11.2. The molecule has 1 aromatic carbocycles. The maximum Gasteiger partial charge on any atom is 0.227 e. The topological polar surface area (TPSA) is 70.9 Å². The first kappa shape index (κ1) is 20.0. The molecule has 1 aliphatic rings. The van der Waals surface area contributed by atoms with Crippen LogP contribution in [-0.2, 0) is 12.0 Å². The average Bonchev–Trinajstić information content (AvgIpc) is 3.19. The summed E-state index contributed by atoms with van der Waals surface area (Å²) in [6.45, 7) is 6.38. The fourth-order valence-corrected chi connectivity index (χ4v) is 5.15. The van der Waals surface area contributed by atoms with Crippen LogP contribution in [0.1, 0.15) is 55.8 Å². The van der Waals surface area contributed by atoms with E-state index >= 15 is 0 Å². The summed E-state index contributed by atoms with van der Waals surface area (Å²) in [6.07, 6.45) is 8.40. The van der Waals surface area contributed by atoms with Crippen molar-refractivity contribution in [3.05, 3.63) is 52.9 Å². The summed E-state index contributed by atoms with van der Waals surface area (Å²) in [5.74, 6) is 1.14. The summed E-state index contributed by atoms with van der Waals surface area (Å²) in [7, 11) is 0. The van der Waals surface area contributed by atoms with Gasteiger partial charge in [-0.1, -0.05) is 26.3 Å². The minimum atomic E-state index is -0.778. The van der Waals surface area contributed by atoms with Crippen LogP contribution in [0.2, 0.25) is 0 Å². The van der Waals surface area contributed by atoms with Gasteiger partial charge in [-0.05, 0) is 67.9 Å². The molecule has 2 aromatic heterocycles. The Bertz CT molecular complexity index is 1000. The number of nitrogens with one attached hydrogen (secondary N) is 1. The van der Waals surface area contributed by atoms with Crippen molar-refractivity contribution in [2.45, 2.75) is 58.5 Å². The third-order valence-corrected chi connectivity index (χ3v) is 6.81. The monoisotopic (exact) mass is 408 g/mol. The van der Waals surface area contributed by atoms with Crippen LogP contribution in [0.15, 0.2) is 36.7 Å². The Hall–Kier alpha value is -2.31. The molecule has 1 fully saturated rings. The second-order valence-corrected chi connectivity index (χ2v) is 9.23. The molecule has 152 valence electrons. The van der Waals surface area contributed by atoms with Gasteiger partial charge in [-0.3, -0.25) is 0 Å². The normalized spacial score (nSPS) is 21.9. The largest absolute Gasteiger partial charge is 0.383 e. The molecule has 0 bridgehead atoms. The van der Waals surface area contributed by atoms with E-state index in [0.29, 0.717) is 11.9 Å². The minimum absolute atomic E-state index is 0.537. The van der Waals surface area contributed by atoms with E-state index in [-0.39, 0.29) is 0 Å². The number of hydrogen-bond acceptors (Lipinski definition) is 6. The lowest BCUT2D eigenvalue weighted by Gasteiger charge is -2.33. The number of anilines is 2. The van der Waals surface area contributed by atoms with Gasteiger partial charge >= 0.3 is 0 Å². The fraction of sp³-hybridized carbons (Fsp3) is 0.435. The van der Waals surface area contributed by atoms with Crippen LogP contribution in [0, 0.1) is 12.8 Å². The number of aromatic nitrogens is 3. The Morgan fingerprint density at radius 2 is 2.14 bits per heavy atom. The SMILES string of the molecule is CCc1ccnc(Nc2cc(C)cc(-c3cnc(C4(O)CCCC(C)C4)s3)c2)n1. The summed E-state index contributed by atoms with van der Waals surface area (Å²) in [6, 6.07) is 8.27. The van der Waals surface area contributed by atoms with Crippen molar-refractivity contribution in [1.82, 2.24) is 15.0 Å². The lowest BCUT2D eigenvalue weighted by molar-refractivity contribution is -0.0180. The molecule has 4 rings (SSSR count). The molecule has 0 radical (unpaired) electrons. The maximum absolute atomic E-state index is 11.1. The van der Waals surface area contributed by atoms with Gasteiger partial charge in [0.05, 0.1) is 4.88 Å². The Balaban J connectivity index is 1.60. The third kappa shape index (κ3) is 4.49. The molecule has 1 saturated carbocycles. The van der Waals surface area contributed by atoms with E-state index in [1.165, 1.54) is 6.42 Å². The van der Waals surface area contributed by atoms with Crippen LogP contribution in [0.25, 0.3) is 10.4 Å². The number of benzene rings is 1. The summed E-state index contributed by atoms with van der Waals surface area (Å²) >= 11 is 1.60. The molecule has 2 N–H and O–H groups in total. The number of hydrogen-bond donors (Lipinski definition) is 2. The molecule has 0 saturated heterocycles. The van der Waals surface area contributed by atoms with E-state index in [1.807, 2.05) is 12.3 Å². The van der Waals surface area contributed by atoms with E-state index in [1.54, 1.807) is 17.5 Å². The molecule has 29 heavy (non-hydrogen) atoms. The van der Waals surface area contributed by atoms with Gasteiger partial charge in [-0.2, -0.15) is 0 Å². The van der Waals surface area contributed by atoms with E-state index in [0.717, 1.165) is 58.1 Å². The zero-order valence-corrected chi connectivity index (χ0v) is 18.1. The van der Waals surface area contributed by atoms with E-state index < -0.39 is 5.60 Å². The van der Waals surface area contributed by atoms with Crippen LogP contribution in [0.3, 0.4) is 0 Å². The van der Waals surface area contributed by atoms with Gasteiger partial charge < -0.3 is 10.4 Å². The van der Waals surface area contributed by atoms with Gasteiger partial charge in [0.25, 0.3) is 0 Å². The predicted octanol–water partition coefficient (Wildman–Crippen LogP) is 5.61. The highest BCUT2D eigenvalue weighted by Crippen LogP contribution is 2.43. The summed E-state index contributed by atoms with van der Waals surface area (Å²) in [4.78, 5) is 14.5. The highest BCUT2D eigenvalue weighted by atomic mass is 32.1. The molecular weight excluding hydrogens is 380 g/mol. The van der Waals surface area contributed by atoms with Gasteiger partial charge in [0, 0.05) is 23.8 Å². The van der Waals surface area contributed by atoms with Gasteiger partial charge in [-0.15, -0.1) is 11.3 Å². The Kier molecular flexibility index (Phi) is 5.65. The van der Waals surface area contributed by atoms with Gasteiger partial charge in [-0.25, -0.2) is 15.0 Å². The van der Waals surface area contributed by atoms with E-state index in [2.05, 4.69) is 59.2 Å². The molecule has 1 aliphatic carbocycles. The van der Waals surface area contributed by atoms with Gasteiger partial charge in [0.2, 0.25) is 5.95 Å². The highest BCUT2D eigenvalue weighted by molar-refractivity contribution is 7.15. The number of thiazole rings is 1. The quantitative estimate of drug-likeness (QED) is 0.574. The molecule has 6 heteroatoms. The van der Waals surface area contributed by atoms with Crippen LogP contribution in [0.5, 0.6) is 0 Å². The molecule has 0 spiro atoms. The standard InChI is InChI=1S/C23H28N4OS/c1-4-18-7-9-24-22(26-18)27-19-11-16(3)10-17(12-19)20-14-25-21(29-20)23(28)8-5-6-15(2)13-23/h7,9-12,14-15,28H,4-6,8,13H2,1-3H3,(H,24,26,27). The molecule has 5 nitrogen and oxygen atoms in total. The first-order chi connectivity index (χ1) is 13.9.